The highest BCUT2D eigenvalue weighted by atomic mass is 32.2. The summed E-state index contributed by atoms with van der Waals surface area (Å²) in [5.41, 5.74) is -2.40. The molecule has 0 aliphatic heterocycles. The summed E-state index contributed by atoms with van der Waals surface area (Å²) in [6.07, 6.45) is -4.54. The average Bonchev–Trinajstić information content (AvgIpc) is 3.05. The van der Waals surface area contributed by atoms with Crippen molar-refractivity contribution in [2.75, 3.05) is 6.54 Å². The maximum Gasteiger partial charge on any atom is 0.416 e. The molecular formula is C18H16F3NO3S2. The number of sulfonamides is 1. The summed E-state index contributed by atoms with van der Waals surface area (Å²) in [5, 5.41) is 11.6. The summed E-state index contributed by atoms with van der Waals surface area (Å²) in [4.78, 5) is 0.279. The van der Waals surface area contributed by atoms with Crippen LogP contribution in [0.1, 0.15) is 17.4 Å². The van der Waals surface area contributed by atoms with E-state index in [4.69, 9.17) is 0 Å². The third-order valence-corrected chi connectivity index (χ3v) is 6.84. The van der Waals surface area contributed by atoms with Crippen LogP contribution in [0.2, 0.25) is 0 Å². The number of thiophene rings is 1. The van der Waals surface area contributed by atoms with E-state index in [0.717, 1.165) is 22.2 Å². The largest absolute Gasteiger partial charge is 0.416 e. The summed E-state index contributed by atoms with van der Waals surface area (Å²) < 4.78 is 65.7. The number of halogens is 3. The molecule has 9 heteroatoms. The minimum absolute atomic E-state index is 0.303. The topological polar surface area (TPSA) is 66.4 Å². The number of hydrogen-bond acceptors (Lipinski definition) is 4. The van der Waals surface area contributed by atoms with Crippen LogP contribution in [0.5, 0.6) is 0 Å². The number of hydrogen-bond donors (Lipinski definition) is 2. The van der Waals surface area contributed by atoms with E-state index in [1.54, 1.807) is 6.07 Å². The van der Waals surface area contributed by atoms with Gasteiger partial charge in [0, 0.05) is 16.1 Å². The molecule has 3 aromatic rings. The van der Waals surface area contributed by atoms with Gasteiger partial charge in [-0.1, -0.05) is 18.2 Å². The van der Waals surface area contributed by atoms with E-state index in [9.17, 15) is 26.7 Å². The molecule has 4 nitrogen and oxygen atoms in total. The average molecular weight is 415 g/mol. The molecule has 0 fully saturated rings. The van der Waals surface area contributed by atoms with Crippen LogP contribution in [0.15, 0.2) is 59.5 Å². The Kier molecular flexibility index (Phi) is 5.06. The highest BCUT2D eigenvalue weighted by molar-refractivity contribution is 7.89. The summed E-state index contributed by atoms with van der Waals surface area (Å²) in [7, 11) is -4.07. The second kappa shape index (κ2) is 6.90. The first kappa shape index (κ1) is 19.8. The van der Waals surface area contributed by atoms with Crippen molar-refractivity contribution in [3.05, 3.63) is 65.0 Å². The maximum absolute atomic E-state index is 12.6. The number of benzene rings is 2. The van der Waals surface area contributed by atoms with Crippen LogP contribution >= 0.6 is 11.3 Å². The van der Waals surface area contributed by atoms with E-state index in [-0.39, 0.29) is 11.4 Å². The van der Waals surface area contributed by atoms with Crippen molar-refractivity contribution in [2.45, 2.75) is 23.6 Å². The Morgan fingerprint density at radius 2 is 1.70 bits per heavy atom. The van der Waals surface area contributed by atoms with Gasteiger partial charge in [0.2, 0.25) is 10.0 Å². The summed E-state index contributed by atoms with van der Waals surface area (Å²) in [6.45, 7) is 1.16. The van der Waals surface area contributed by atoms with Crippen molar-refractivity contribution in [1.82, 2.24) is 4.72 Å². The van der Waals surface area contributed by atoms with Gasteiger partial charge in [-0.15, -0.1) is 11.3 Å². The number of rotatable bonds is 5. The molecule has 0 saturated carbocycles. The Balaban J connectivity index is 1.77. The second-order valence-corrected chi connectivity index (χ2v) is 9.12. The summed E-state index contributed by atoms with van der Waals surface area (Å²) in [6, 6.07) is 12.5. The van der Waals surface area contributed by atoms with Crippen LogP contribution in [-0.2, 0) is 21.8 Å². The molecule has 1 atom stereocenters. The Morgan fingerprint density at radius 3 is 2.30 bits per heavy atom. The standard InChI is InChI=1S/C18H16F3NO3S2/c1-17(23,16-10-12-4-2-3-5-15(12)26-16)11-22-27(24,25)14-8-6-13(7-9-14)18(19,20)21/h2-10,22-23H,11H2,1H3/t17-/m1/s1. The monoisotopic (exact) mass is 415 g/mol. The van der Waals surface area contributed by atoms with Gasteiger partial charge in [-0.2, -0.15) is 13.2 Å². The molecule has 0 unspecified atom stereocenters. The third-order valence-electron chi connectivity index (χ3n) is 4.05. The fourth-order valence-electron chi connectivity index (χ4n) is 2.48. The van der Waals surface area contributed by atoms with Gasteiger partial charge in [-0.05, 0) is 48.7 Å². The zero-order valence-corrected chi connectivity index (χ0v) is 15.8. The quantitative estimate of drug-likeness (QED) is 0.659. The van der Waals surface area contributed by atoms with E-state index in [1.807, 2.05) is 24.3 Å². The van der Waals surface area contributed by atoms with Gasteiger partial charge in [0.05, 0.1) is 10.5 Å². The van der Waals surface area contributed by atoms with Crippen LogP contribution in [0.3, 0.4) is 0 Å². The lowest BCUT2D eigenvalue weighted by atomic mass is 10.1. The van der Waals surface area contributed by atoms with Crippen LogP contribution < -0.4 is 4.72 Å². The van der Waals surface area contributed by atoms with Crippen LogP contribution in [0.4, 0.5) is 13.2 Å². The molecule has 2 aromatic carbocycles. The predicted molar refractivity (Wildman–Crippen MR) is 98.0 cm³/mol. The molecular weight excluding hydrogens is 399 g/mol. The first-order chi connectivity index (χ1) is 12.5. The first-order valence-corrected chi connectivity index (χ1v) is 10.2. The van der Waals surface area contributed by atoms with Gasteiger partial charge >= 0.3 is 6.18 Å². The van der Waals surface area contributed by atoms with Gasteiger partial charge in [-0.25, -0.2) is 13.1 Å². The molecule has 0 bridgehead atoms. The smallest absolute Gasteiger partial charge is 0.383 e. The number of fused-ring (bicyclic) bond motifs is 1. The number of alkyl halides is 3. The molecule has 2 N–H and O–H groups in total. The Hall–Kier alpha value is -1.94. The second-order valence-electron chi connectivity index (χ2n) is 6.27. The molecule has 3 rings (SSSR count). The highest BCUT2D eigenvalue weighted by Gasteiger charge is 2.31. The van der Waals surface area contributed by atoms with Crippen molar-refractivity contribution in [2.24, 2.45) is 0 Å². The van der Waals surface area contributed by atoms with Crippen LogP contribution in [-0.4, -0.2) is 20.1 Å². The normalized spacial score (nSPS) is 15.0. The van der Waals surface area contributed by atoms with Crippen LogP contribution in [0, 0.1) is 0 Å². The molecule has 0 spiro atoms. The van der Waals surface area contributed by atoms with Crippen molar-refractivity contribution in [1.29, 1.82) is 0 Å². The zero-order valence-electron chi connectivity index (χ0n) is 14.1. The van der Waals surface area contributed by atoms with E-state index < -0.39 is 27.4 Å². The van der Waals surface area contributed by atoms with Crippen molar-refractivity contribution < 1.29 is 26.7 Å². The van der Waals surface area contributed by atoms with E-state index in [0.29, 0.717) is 17.0 Å². The molecule has 0 saturated heterocycles. The van der Waals surface area contributed by atoms with E-state index in [1.165, 1.54) is 18.3 Å². The minimum Gasteiger partial charge on any atom is -0.383 e. The first-order valence-electron chi connectivity index (χ1n) is 7.87. The summed E-state index contributed by atoms with van der Waals surface area (Å²) >= 11 is 1.35. The molecule has 0 aliphatic carbocycles. The molecule has 27 heavy (non-hydrogen) atoms. The van der Waals surface area contributed by atoms with Gasteiger partial charge < -0.3 is 5.11 Å². The Bertz CT molecular complexity index is 1020. The fraction of sp³-hybridized carbons (Fsp3) is 0.222. The minimum atomic E-state index is -4.54. The van der Waals surface area contributed by atoms with Crippen molar-refractivity contribution in [3.8, 4) is 0 Å². The Labute approximate surface area is 158 Å². The summed E-state index contributed by atoms with van der Waals surface area (Å²) in [5.74, 6) is 0. The lowest BCUT2D eigenvalue weighted by Crippen LogP contribution is -2.38. The number of aliphatic hydroxyl groups is 1. The molecule has 1 aromatic heterocycles. The SMILES string of the molecule is C[C@@](O)(CNS(=O)(=O)c1ccc(C(F)(F)F)cc1)c1cc2ccccc2s1. The van der Waals surface area contributed by atoms with Gasteiger partial charge in [0.25, 0.3) is 0 Å². The Morgan fingerprint density at radius 1 is 1.07 bits per heavy atom. The van der Waals surface area contributed by atoms with Gasteiger partial charge in [0.15, 0.2) is 0 Å². The molecule has 0 amide bonds. The van der Waals surface area contributed by atoms with Gasteiger partial charge in [0.1, 0.15) is 5.60 Å². The lowest BCUT2D eigenvalue weighted by molar-refractivity contribution is -0.137. The highest BCUT2D eigenvalue weighted by Crippen LogP contribution is 2.33. The van der Waals surface area contributed by atoms with E-state index >= 15 is 0 Å². The number of nitrogens with one attached hydrogen (secondary N) is 1. The maximum atomic E-state index is 12.6. The zero-order chi connectivity index (χ0) is 19.9. The molecule has 0 aliphatic rings. The van der Waals surface area contributed by atoms with Crippen molar-refractivity contribution in [3.63, 3.8) is 0 Å². The third kappa shape index (κ3) is 4.32. The molecule has 1 heterocycles. The molecule has 144 valence electrons. The predicted octanol–water partition coefficient (Wildman–Crippen LogP) is 4.11. The fourth-order valence-corrected chi connectivity index (χ4v) is 4.71. The van der Waals surface area contributed by atoms with Crippen molar-refractivity contribution >= 4 is 31.4 Å². The lowest BCUT2D eigenvalue weighted by Gasteiger charge is -2.22. The molecule has 0 radical (unpaired) electrons. The van der Waals surface area contributed by atoms with Crippen LogP contribution in [0.25, 0.3) is 10.1 Å². The van der Waals surface area contributed by atoms with Gasteiger partial charge in [-0.3, -0.25) is 0 Å². The van der Waals surface area contributed by atoms with E-state index in [2.05, 4.69) is 4.72 Å².